The number of amides is 1. The number of rotatable bonds is 5. The lowest BCUT2D eigenvalue weighted by molar-refractivity contribution is -0.137. The molecule has 2 aromatic rings. The maximum Gasteiger partial charge on any atom is 0.417 e. The van der Waals surface area contributed by atoms with Gasteiger partial charge in [0.05, 0.1) is 10.6 Å². The quantitative estimate of drug-likeness (QED) is 0.529. The summed E-state index contributed by atoms with van der Waals surface area (Å²) in [4.78, 5) is 12.2. The van der Waals surface area contributed by atoms with Crippen molar-refractivity contribution >= 4 is 28.9 Å². The van der Waals surface area contributed by atoms with Crippen LogP contribution in [0.3, 0.4) is 0 Å². The van der Waals surface area contributed by atoms with Crippen LogP contribution in [0.1, 0.15) is 18.1 Å². The molecule has 0 heterocycles. The zero-order valence-electron chi connectivity index (χ0n) is 14.2. The molecule has 0 aliphatic rings. The summed E-state index contributed by atoms with van der Waals surface area (Å²) in [5, 5.41) is 13.7. The molecule has 2 N–H and O–H groups in total. The minimum atomic E-state index is -4.65. The number of hydrogen-bond donors (Lipinski definition) is 2. The summed E-state index contributed by atoms with van der Waals surface area (Å²) in [6, 6.07) is 12.1. The molecule has 0 aromatic heterocycles. The molecule has 0 atom stereocenters. The molecule has 27 heavy (non-hydrogen) atoms. The van der Waals surface area contributed by atoms with Gasteiger partial charge in [-0.2, -0.15) is 18.4 Å². The third-order valence-electron chi connectivity index (χ3n) is 3.64. The topological polar surface area (TPSA) is 64.9 Å². The Balaban J connectivity index is 2.14. The standard InChI is InChI=1S/C19H15ClF3N3O/c1-2-12-3-5-14(6-4-12)25-11-13(10-24)18(27)26-15-7-8-17(20)16(9-15)19(21,22)23/h3-9,11,25H,2H2,1H3,(H,26,27)/b13-11-. The van der Waals surface area contributed by atoms with Crippen molar-refractivity contribution in [3.8, 4) is 6.07 Å². The van der Waals surface area contributed by atoms with Crippen LogP contribution in [0, 0.1) is 11.3 Å². The molecule has 4 nitrogen and oxygen atoms in total. The highest BCUT2D eigenvalue weighted by Gasteiger charge is 2.33. The Kier molecular flexibility index (Phi) is 6.48. The van der Waals surface area contributed by atoms with Crippen molar-refractivity contribution in [1.29, 1.82) is 5.26 Å². The predicted octanol–water partition coefficient (Wildman–Crippen LogP) is 5.38. The lowest BCUT2D eigenvalue weighted by Gasteiger charge is -2.11. The van der Waals surface area contributed by atoms with E-state index in [4.69, 9.17) is 16.9 Å². The minimum Gasteiger partial charge on any atom is -0.360 e. The molecule has 0 saturated heterocycles. The van der Waals surface area contributed by atoms with Gasteiger partial charge in [-0.3, -0.25) is 4.79 Å². The average Bonchev–Trinajstić information content (AvgIpc) is 2.63. The number of aryl methyl sites for hydroxylation is 1. The largest absolute Gasteiger partial charge is 0.417 e. The normalized spacial score (nSPS) is 11.6. The van der Waals surface area contributed by atoms with Gasteiger partial charge in [-0.1, -0.05) is 30.7 Å². The van der Waals surface area contributed by atoms with E-state index in [-0.39, 0.29) is 11.3 Å². The number of nitrogens with one attached hydrogen (secondary N) is 2. The predicted molar refractivity (Wildman–Crippen MR) is 98.2 cm³/mol. The summed E-state index contributed by atoms with van der Waals surface area (Å²) in [6.45, 7) is 2.02. The highest BCUT2D eigenvalue weighted by molar-refractivity contribution is 6.31. The Labute approximate surface area is 159 Å². The molecule has 2 aromatic carbocycles. The molecular weight excluding hydrogens is 379 g/mol. The number of halogens is 4. The van der Waals surface area contributed by atoms with E-state index in [9.17, 15) is 18.0 Å². The van der Waals surface area contributed by atoms with E-state index in [1.54, 1.807) is 18.2 Å². The Morgan fingerprint density at radius 2 is 1.81 bits per heavy atom. The maximum absolute atomic E-state index is 12.9. The van der Waals surface area contributed by atoms with Gasteiger partial charge in [0.2, 0.25) is 0 Å². The second kappa shape index (κ2) is 8.60. The smallest absolute Gasteiger partial charge is 0.360 e. The van der Waals surface area contributed by atoms with Gasteiger partial charge in [0.15, 0.2) is 0 Å². The van der Waals surface area contributed by atoms with Gasteiger partial charge >= 0.3 is 6.18 Å². The summed E-state index contributed by atoms with van der Waals surface area (Å²) in [5.41, 5.74) is 0.312. The number of hydrogen-bond acceptors (Lipinski definition) is 3. The van der Waals surface area contributed by atoms with Crippen molar-refractivity contribution in [1.82, 2.24) is 0 Å². The summed E-state index contributed by atoms with van der Waals surface area (Å²) < 4.78 is 38.6. The molecule has 0 aliphatic heterocycles. The van der Waals surface area contributed by atoms with E-state index in [0.29, 0.717) is 11.8 Å². The first-order chi connectivity index (χ1) is 12.7. The molecule has 2 rings (SSSR count). The van der Waals surface area contributed by atoms with E-state index in [0.717, 1.165) is 18.1 Å². The van der Waals surface area contributed by atoms with Gasteiger partial charge in [0.1, 0.15) is 11.6 Å². The van der Waals surface area contributed by atoms with Gasteiger partial charge in [0.25, 0.3) is 5.91 Å². The van der Waals surface area contributed by atoms with Crippen molar-refractivity contribution in [3.05, 3.63) is 70.4 Å². The zero-order valence-corrected chi connectivity index (χ0v) is 14.9. The van der Waals surface area contributed by atoms with E-state index in [1.165, 1.54) is 12.3 Å². The molecule has 0 spiro atoms. The van der Waals surface area contributed by atoms with Crippen LogP contribution in [0.15, 0.2) is 54.2 Å². The van der Waals surface area contributed by atoms with Gasteiger partial charge in [-0.15, -0.1) is 0 Å². The highest BCUT2D eigenvalue weighted by atomic mass is 35.5. The fraction of sp³-hybridized carbons (Fsp3) is 0.158. The molecule has 0 aliphatic carbocycles. The summed E-state index contributed by atoms with van der Waals surface area (Å²) >= 11 is 5.54. The molecular formula is C19H15ClF3N3O. The number of nitrogens with zero attached hydrogens (tertiary/aromatic N) is 1. The van der Waals surface area contributed by atoms with Gasteiger partial charge in [-0.25, -0.2) is 0 Å². The van der Waals surface area contributed by atoms with Crippen molar-refractivity contribution < 1.29 is 18.0 Å². The van der Waals surface area contributed by atoms with Crippen LogP contribution in [0.4, 0.5) is 24.5 Å². The molecule has 0 fully saturated rings. The number of carbonyl (C=O) groups excluding carboxylic acids is 1. The van der Waals surface area contributed by atoms with E-state index in [1.807, 2.05) is 19.1 Å². The number of anilines is 2. The first-order valence-corrected chi connectivity index (χ1v) is 8.26. The molecule has 0 bridgehead atoms. The van der Waals surface area contributed by atoms with Crippen LogP contribution in [-0.4, -0.2) is 5.91 Å². The molecule has 0 unspecified atom stereocenters. The lowest BCUT2D eigenvalue weighted by Crippen LogP contribution is -2.15. The Morgan fingerprint density at radius 1 is 1.19 bits per heavy atom. The number of carbonyl (C=O) groups is 1. The molecule has 1 amide bonds. The van der Waals surface area contributed by atoms with E-state index >= 15 is 0 Å². The van der Waals surface area contributed by atoms with Gasteiger partial charge < -0.3 is 10.6 Å². The zero-order chi connectivity index (χ0) is 20.0. The van der Waals surface area contributed by atoms with Crippen LogP contribution >= 0.6 is 11.6 Å². The Hall–Kier alpha value is -2.98. The Morgan fingerprint density at radius 3 is 2.37 bits per heavy atom. The van der Waals surface area contributed by atoms with Crippen LogP contribution in [0.5, 0.6) is 0 Å². The highest BCUT2D eigenvalue weighted by Crippen LogP contribution is 2.36. The van der Waals surface area contributed by atoms with Crippen LogP contribution in [0.2, 0.25) is 5.02 Å². The second-order valence-electron chi connectivity index (χ2n) is 5.51. The molecule has 140 valence electrons. The summed E-state index contributed by atoms with van der Waals surface area (Å²) in [5.74, 6) is -0.842. The summed E-state index contributed by atoms with van der Waals surface area (Å²) in [7, 11) is 0. The SMILES string of the molecule is CCc1ccc(N/C=C(/C#N)C(=O)Nc2ccc(Cl)c(C(F)(F)F)c2)cc1. The number of nitriles is 1. The van der Waals surface area contributed by atoms with Crippen LogP contribution in [0.25, 0.3) is 0 Å². The minimum absolute atomic E-state index is 0.120. The number of benzene rings is 2. The average molecular weight is 394 g/mol. The number of alkyl halides is 3. The molecule has 8 heteroatoms. The van der Waals surface area contributed by atoms with Crippen molar-refractivity contribution in [2.75, 3.05) is 10.6 Å². The first-order valence-electron chi connectivity index (χ1n) is 7.88. The maximum atomic E-state index is 12.9. The third kappa shape index (κ3) is 5.50. The van der Waals surface area contributed by atoms with Crippen LogP contribution in [-0.2, 0) is 17.4 Å². The lowest BCUT2D eigenvalue weighted by atomic mass is 10.1. The monoisotopic (exact) mass is 393 g/mol. The molecule has 0 saturated carbocycles. The van der Waals surface area contributed by atoms with Gasteiger partial charge in [-0.05, 0) is 42.3 Å². The first kappa shape index (κ1) is 20.3. The Bertz CT molecular complexity index is 900. The fourth-order valence-electron chi connectivity index (χ4n) is 2.16. The molecule has 0 radical (unpaired) electrons. The van der Waals surface area contributed by atoms with Crippen molar-refractivity contribution in [2.24, 2.45) is 0 Å². The van der Waals surface area contributed by atoms with Crippen molar-refractivity contribution in [2.45, 2.75) is 19.5 Å². The summed E-state index contributed by atoms with van der Waals surface area (Å²) in [6.07, 6.45) is -2.59. The van der Waals surface area contributed by atoms with E-state index in [2.05, 4.69) is 10.6 Å². The third-order valence-corrected chi connectivity index (χ3v) is 3.97. The van der Waals surface area contributed by atoms with Crippen LogP contribution < -0.4 is 10.6 Å². The van der Waals surface area contributed by atoms with Gasteiger partial charge in [0, 0.05) is 17.6 Å². The fourth-order valence-corrected chi connectivity index (χ4v) is 2.38. The second-order valence-corrected chi connectivity index (χ2v) is 5.92. The van der Waals surface area contributed by atoms with Crippen molar-refractivity contribution in [3.63, 3.8) is 0 Å². The van der Waals surface area contributed by atoms with E-state index < -0.39 is 22.7 Å².